The van der Waals surface area contributed by atoms with Gasteiger partial charge in [-0.2, -0.15) is 0 Å². The number of furan rings is 1. The Morgan fingerprint density at radius 1 is 1.13 bits per heavy atom. The van der Waals surface area contributed by atoms with Crippen molar-refractivity contribution in [1.29, 1.82) is 0 Å². The highest BCUT2D eigenvalue weighted by Crippen LogP contribution is 2.24. The number of hydrogen-bond acceptors (Lipinski definition) is 4. The molecule has 124 valence electrons. The number of anilines is 1. The predicted molar refractivity (Wildman–Crippen MR) is 92.9 cm³/mol. The topological polar surface area (TPSA) is 39.9 Å². The third-order valence-electron chi connectivity index (χ3n) is 4.19. The van der Waals surface area contributed by atoms with Gasteiger partial charge >= 0.3 is 0 Å². The maximum Gasteiger partial charge on any atom is 0.294 e. The zero-order valence-electron chi connectivity index (χ0n) is 13.4. The van der Waals surface area contributed by atoms with Crippen LogP contribution in [0.5, 0.6) is 0 Å². The number of carbonyl (C=O) groups excluding carboxylic acids is 1. The van der Waals surface area contributed by atoms with E-state index in [2.05, 4.69) is 17.1 Å². The Morgan fingerprint density at radius 2 is 1.87 bits per heavy atom. The average molecular weight is 336 g/mol. The van der Waals surface area contributed by atoms with Crippen molar-refractivity contribution >= 4 is 24.0 Å². The van der Waals surface area contributed by atoms with Gasteiger partial charge in [-0.15, -0.1) is 12.4 Å². The highest BCUT2D eigenvalue weighted by molar-refractivity contribution is 6.04. The van der Waals surface area contributed by atoms with E-state index in [0.717, 1.165) is 25.2 Å². The molecule has 1 amide bonds. The zero-order chi connectivity index (χ0) is 15.5. The molecule has 1 aromatic carbocycles. The van der Waals surface area contributed by atoms with Gasteiger partial charge < -0.3 is 9.32 Å². The number of para-hydroxylation sites is 1. The third-order valence-corrected chi connectivity index (χ3v) is 4.19. The van der Waals surface area contributed by atoms with Gasteiger partial charge in [-0.1, -0.05) is 18.2 Å². The predicted octanol–water partition coefficient (Wildman–Crippen LogP) is 2.90. The van der Waals surface area contributed by atoms with Gasteiger partial charge in [0.1, 0.15) is 0 Å². The van der Waals surface area contributed by atoms with E-state index in [1.807, 2.05) is 42.3 Å². The van der Waals surface area contributed by atoms with Crippen LogP contribution in [0.2, 0.25) is 0 Å². The molecular weight excluding hydrogens is 314 g/mol. The molecule has 1 aromatic heterocycles. The Hall–Kier alpha value is -1.82. The Bertz CT molecular complexity index is 618. The van der Waals surface area contributed by atoms with Crippen molar-refractivity contribution in [2.75, 3.05) is 32.1 Å². The van der Waals surface area contributed by atoms with Crippen molar-refractivity contribution in [1.82, 2.24) is 10.0 Å². The molecule has 0 aliphatic carbocycles. The second kappa shape index (κ2) is 7.64. The van der Waals surface area contributed by atoms with Crippen LogP contribution in [0.1, 0.15) is 17.0 Å². The summed E-state index contributed by atoms with van der Waals surface area (Å²) in [5, 5.41) is 4.33. The van der Waals surface area contributed by atoms with Crippen LogP contribution in [0.4, 0.5) is 5.69 Å². The molecule has 3 rings (SSSR count). The largest absolute Gasteiger partial charge is 0.459 e. The van der Waals surface area contributed by atoms with Gasteiger partial charge in [0.2, 0.25) is 0 Å². The molecule has 1 aliphatic heterocycles. The number of hydrazine groups is 1. The van der Waals surface area contributed by atoms with Gasteiger partial charge in [-0.25, -0.2) is 10.0 Å². The molecule has 0 spiro atoms. The van der Waals surface area contributed by atoms with E-state index in [-0.39, 0.29) is 24.4 Å². The summed E-state index contributed by atoms with van der Waals surface area (Å²) in [5.74, 6) is 0.296. The maximum atomic E-state index is 12.9. The molecule has 1 unspecified atom stereocenters. The number of nitrogens with zero attached hydrogens (tertiary/aromatic N) is 3. The highest BCUT2D eigenvalue weighted by Gasteiger charge is 2.32. The molecule has 6 heteroatoms. The standard InChI is InChI=1S/C17H21N3O2.ClH/c1-18-11-10-15(13-19(18)2)20(14-7-4-3-5-8-14)17(21)16-9-6-12-22-16;/h3-9,12,15H,10-11,13H2,1-2H3;1H. The Morgan fingerprint density at radius 3 is 2.48 bits per heavy atom. The van der Waals surface area contributed by atoms with E-state index >= 15 is 0 Å². The lowest BCUT2D eigenvalue weighted by atomic mass is 10.1. The van der Waals surface area contributed by atoms with Crippen LogP contribution >= 0.6 is 12.4 Å². The van der Waals surface area contributed by atoms with Crippen molar-refractivity contribution in [3.8, 4) is 0 Å². The second-order valence-electron chi connectivity index (χ2n) is 5.65. The van der Waals surface area contributed by atoms with E-state index < -0.39 is 0 Å². The molecule has 2 heterocycles. The molecule has 1 aliphatic rings. The number of amides is 1. The van der Waals surface area contributed by atoms with Crippen LogP contribution in [-0.4, -0.2) is 49.2 Å². The quantitative estimate of drug-likeness (QED) is 0.864. The minimum absolute atomic E-state index is 0. The minimum atomic E-state index is -0.0841. The van der Waals surface area contributed by atoms with Crippen LogP contribution in [0, 0.1) is 0 Å². The Balaban J connectivity index is 0.00000192. The van der Waals surface area contributed by atoms with E-state index in [1.165, 1.54) is 6.26 Å². The van der Waals surface area contributed by atoms with Crippen LogP contribution in [0.25, 0.3) is 0 Å². The fourth-order valence-corrected chi connectivity index (χ4v) is 2.85. The fourth-order valence-electron chi connectivity index (χ4n) is 2.85. The Labute approximate surface area is 142 Å². The van der Waals surface area contributed by atoms with Crippen LogP contribution < -0.4 is 4.90 Å². The first-order valence-electron chi connectivity index (χ1n) is 7.51. The fraction of sp³-hybridized carbons (Fsp3) is 0.353. The lowest BCUT2D eigenvalue weighted by molar-refractivity contribution is -0.0103. The van der Waals surface area contributed by atoms with Crippen molar-refractivity contribution in [3.05, 3.63) is 54.5 Å². The van der Waals surface area contributed by atoms with Crippen molar-refractivity contribution < 1.29 is 9.21 Å². The van der Waals surface area contributed by atoms with E-state index in [9.17, 15) is 4.79 Å². The number of carbonyl (C=O) groups is 1. The van der Waals surface area contributed by atoms with Gasteiger partial charge in [0.15, 0.2) is 5.76 Å². The van der Waals surface area contributed by atoms with E-state index in [4.69, 9.17) is 4.42 Å². The van der Waals surface area contributed by atoms with Crippen molar-refractivity contribution in [2.24, 2.45) is 0 Å². The molecule has 0 N–H and O–H groups in total. The minimum Gasteiger partial charge on any atom is -0.459 e. The number of benzene rings is 1. The molecule has 1 saturated heterocycles. The zero-order valence-corrected chi connectivity index (χ0v) is 14.2. The summed E-state index contributed by atoms with van der Waals surface area (Å²) in [4.78, 5) is 14.8. The lowest BCUT2D eigenvalue weighted by Crippen LogP contribution is -2.55. The highest BCUT2D eigenvalue weighted by atomic mass is 35.5. The third kappa shape index (κ3) is 3.75. The number of halogens is 1. The van der Waals surface area contributed by atoms with E-state index in [1.54, 1.807) is 12.1 Å². The molecule has 23 heavy (non-hydrogen) atoms. The summed E-state index contributed by atoms with van der Waals surface area (Å²) >= 11 is 0. The second-order valence-corrected chi connectivity index (χ2v) is 5.65. The first-order valence-corrected chi connectivity index (χ1v) is 7.51. The number of hydrogen-bond donors (Lipinski definition) is 0. The first-order chi connectivity index (χ1) is 10.7. The number of rotatable bonds is 3. The van der Waals surface area contributed by atoms with E-state index in [0.29, 0.717) is 5.76 Å². The first kappa shape index (κ1) is 17.5. The summed E-state index contributed by atoms with van der Waals surface area (Å²) in [5.41, 5.74) is 0.909. The summed E-state index contributed by atoms with van der Waals surface area (Å²) in [6, 6.07) is 13.4. The van der Waals surface area contributed by atoms with Gasteiger partial charge in [-0.05, 0) is 30.7 Å². The number of likely N-dealkylation sites (N-methyl/N-ethyl adjacent to an activating group) is 1. The smallest absolute Gasteiger partial charge is 0.294 e. The van der Waals surface area contributed by atoms with Crippen molar-refractivity contribution in [3.63, 3.8) is 0 Å². The van der Waals surface area contributed by atoms with Crippen LogP contribution in [0.15, 0.2) is 53.1 Å². The summed E-state index contributed by atoms with van der Waals surface area (Å²) in [6.07, 6.45) is 2.47. The Kier molecular flexibility index (Phi) is 5.82. The van der Waals surface area contributed by atoms with Crippen molar-refractivity contribution in [2.45, 2.75) is 12.5 Å². The molecular formula is C17H22ClN3O2. The molecule has 0 radical (unpaired) electrons. The van der Waals surface area contributed by atoms with Gasteiger partial charge in [0, 0.05) is 32.9 Å². The summed E-state index contributed by atoms with van der Waals surface area (Å²) < 4.78 is 5.32. The average Bonchev–Trinajstić information content (AvgIpc) is 3.06. The lowest BCUT2D eigenvalue weighted by Gasteiger charge is -2.42. The van der Waals surface area contributed by atoms with Crippen LogP contribution in [-0.2, 0) is 0 Å². The molecule has 1 fully saturated rings. The maximum absolute atomic E-state index is 12.9. The molecule has 0 bridgehead atoms. The SMILES string of the molecule is CN1CCC(N(C(=O)c2ccco2)c2ccccc2)CN1C.Cl. The molecule has 0 saturated carbocycles. The normalized spacial score (nSPS) is 19.1. The molecule has 2 aromatic rings. The summed E-state index contributed by atoms with van der Waals surface area (Å²) in [7, 11) is 4.12. The monoisotopic (exact) mass is 335 g/mol. The van der Waals surface area contributed by atoms with Gasteiger partial charge in [0.25, 0.3) is 5.91 Å². The molecule has 1 atom stereocenters. The van der Waals surface area contributed by atoms with Gasteiger partial charge in [0.05, 0.1) is 12.3 Å². The summed E-state index contributed by atoms with van der Waals surface area (Å²) in [6.45, 7) is 1.73. The van der Waals surface area contributed by atoms with Crippen LogP contribution in [0.3, 0.4) is 0 Å². The van der Waals surface area contributed by atoms with Gasteiger partial charge in [-0.3, -0.25) is 4.79 Å². The molecule has 5 nitrogen and oxygen atoms in total.